The normalized spacial score (nSPS) is 10.9. The number of carbonyl (C=O) groups is 1. The largest absolute Gasteiger partial charge is 0.507 e. The van der Waals surface area contributed by atoms with Crippen molar-refractivity contribution < 1.29 is 19.7 Å². The van der Waals surface area contributed by atoms with Crippen LogP contribution in [0.15, 0.2) is 60.7 Å². The Labute approximate surface area is 175 Å². The summed E-state index contributed by atoms with van der Waals surface area (Å²) in [6.07, 6.45) is 0.666. The van der Waals surface area contributed by atoms with E-state index in [1.807, 2.05) is 56.3 Å². The molecule has 2 N–H and O–H groups in total. The molecular weight excluding hydrogens is 376 g/mol. The second kappa shape index (κ2) is 7.56. The molecule has 4 aromatic rings. The van der Waals surface area contributed by atoms with Gasteiger partial charge < -0.3 is 14.9 Å². The molecule has 0 bridgehead atoms. The number of aldehydes is 1. The van der Waals surface area contributed by atoms with E-state index < -0.39 is 0 Å². The topological polar surface area (TPSA) is 66.8 Å². The van der Waals surface area contributed by atoms with E-state index in [4.69, 9.17) is 4.74 Å². The third-order valence-corrected chi connectivity index (χ3v) is 5.51. The van der Waals surface area contributed by atoms with Gasteiger partial charge >= 0.3 is 0 Å². The molecule has 0 spiro atoms. The first-order chi connectivity index (χ1) is 14.4. The second-order valence-electron chi connectivity index (χ2n) is 7.39. The summed E-state index contributed by atoms with van der Waals surface area (Å²) in [4.78, 5) is 11.4. The molecule has 4 heteroatoms. The van der Waals surface area contributed by atoms with Crippen molar-refractivity contribution in [2.45, 2.75) is 13.8 Å². The van der Waals surface area contributed by atoms with Crippen LogP contribution < -0.4 is 4.74 Å². The van der Waals surface area contributed by atoms with Crippen LogP contribution in [0.3, 0.4) is 0 Å². The van der Waals surface area contributed by atoms with Crippen LogP contribution in [-0.4, -0.2) is 23.6 Å². The number of hydrogen-bond donors (Lipinski definition) is 2. The van der Waals surface area contributed by atoms with Crippen molar-refractivity contribution in [2.75, 3.05) is 7.11 Å². The van der Waals surface area contributed by atoms with Gasteiger partial charge in [-0.25, -0.2) is 0 Å². The van der Waals surface area contributed by atoms with Gasteiger partial charge in [0.25, 0.3) is 0 Å². The minimum atomic E-state index is -0.0224. The maximum Gasteiger partial charge on any atom is 0.161 e. The monoisotopic (exact) mass is 398 g/mol. The van der Waals surface area contributed by atoms with Gasteiger partial charge in [-0.15, -0.1) is 0 Å². The number of phenolic OH excluding ortho intramolecular Hbond substituents is 2. The first kappa shape index (κ1) is 19.5. The molecule has 4 rings (SSSR count). The Morgan fingerprint density at radius 1 is 0.767 bits per heavy atom. The molecule has 30 heavy (non-hydrogen) atoms. The van der Waals surface area contributed by atoms with Gasteiger partial charge in [0.05, 0.1) is 12.7 Å². The van der Waals surface area contributed by atoms with Gasteiger partial charge in [0, 0.05) is 0 Å². The van der Waals surface area contributed by atoms with Crippen molar-refractivity contribution in [1.29, 1.82) is 0 Å². The first-order valence-corrected chi connectivity index (χ1v) is 9.63. The van der Waals surface area contributed by atoms with E-state index in [0.717, 1.165) is 44.2 Å². The van der Waals surface area contributed by atoms with Crippen molar-refractivity contribution in [3.8, 4) is 39.5 Å². The average Bonchev–Trinajstić information content (AvgIpc) is 2.73. The van der Waals surface area contributed by atoms with Crippen LogP contribution in [0.5, 0.6) is 17.2 Å². The molecule has 4 nitrogen and oxygen atoms in total. The first-order valence-electron chi connectivity index (χ1n) is 9.63. The fourth-order valence-electron chi connectivity index (χ4n) is 4.01. The summed E-state index contributed by atoms with van der Waals surface area (Å²) in [7, 11) is 1.53. The number of phenols is 2. The molecule has 0 aromatic heterocycles. The Morgan fingerprint density at radius 3 is 1.90 bits per heavy atom. The molecule has 0 aliphatic rings. The zero-order valence-electron chi connectivity index (χ0n) is 17.1. The van der Waals surface area contributed by atoms with Crippen molar-refractivity contribution >= 4 is 17.1 Å². The van der Waals surface area contributed by atoms with E-state index in [2.05, 4.69) is 0 Å². The standard InChI is InChI=1S/C26H22O4/c1-15-10-23(28)18(14-27)12-21(15)19-8-4-6-17-7-5-9-20(26(17)19)22-13-25(30-3)24(29)11-16(22)2/h4-14,28-29H,1-3H3. The summed E-state index contributed by atoms with van der Waals surface area (Å²) >= 11 is 0. The van der Waals surface area contributed by atoms with Crippen LogP contribution in [0.25, 0.3) is 33.0 Å². The number of ether oxygens (including phenoxy) is 1. The van der Waals surface area contributed by atoms with E-state index in [-0.39, 0.29) is 17.1 Å². The lowest BCUT2D eigenvalue weighted by molar-refractivity contribution is 0.112. The zero-order chi connectivity index (χ0) is 21.4. The highest BCUT2D eigenvalue weighted by Gasteiger charge is 2.16. The third-order valence-electron chi connectivity index (χ3n) is 5.51. The summed E-state index contributed by atoms with van der Waals surface area (Å²) < 4.78 is 5.33. The molecule has 0 heterocycles. The number of methoxy groups -OCH3 is 1. The lowest BCUT2D eigenvalue weighted by Gasteiger charge is -2.17. The van der Waals surface area contributed by atoms with Crippen LogP contribution in [0.2, 0.25) is 0 Å². The van der Waals surface area contributed by atoms with Crippen molar-refractivity contribution in [1.82, 2.24) is 0 Å². The van der Waals surface area contributed by atoms with Gasteiger partial charge in [-0.05, 0) is 82.3 Å². The minimum absolute atomic E-state index is 0.0224. The van der Waals surface area contributed by atoms with Crippen LogP contribution >= 0.6 is 0 Å². The highest BCUT2D eigenvalue weighted by molar-refractivity contribution is 6.07. The quantitative estimate of drug-likeness (QED) is 0.412. The van der Waals surface area contributed by atoms with E-state index in [0.29, 0.717) is 12.0 Å². The van der Waals surface area contributed by atoms with E-state index in [1.54, 1.807) is 18.2 Å². The predicted molar refractivity (Wildman–Crippen MR) is 120 cm³/mol. The lowest BCUT2D eigenvalue weighted by Crippen LogP contribution is -1.93. The number of aryl methyl sites for hydroxylation is 2. The Morgan fingerprint density at radius 2 is 1.33 bits per heavy atom. The van der Waals surface area contributed by atoms with Crippen molar-refractivity contribution in [3.05, 3.63) is 77.4 Å². The summed E-state index contributed by atoms with van der Waals surface area (Å²) in [6, 6.07) is 19.0. The third kappa shape index (κ3) is 3.16. The average molecular weight is 398 g/mol. The summed E-state index contributed by atoms with van der Waals surface area (Å²) in [5.74, 6) is 0.490. The molecule has 150 valence electrons. The Bertz CT molecular complexity index is 1280. The smallest absolute Gasteiger partial charge is 0.161 e. The molecule has 4 aromatic carbocycles. The maximum atomic E-state index is 11.4. The van der Waals surface area contributed by atoms with Crippen LogP contribution in [0.4, 0.5) is 0 Å². The molecule has 0 radical (unpaired) electrons. The van der Waals surface area contributed by atoms with E-state index in [9.17, 15) is 15.0 Å². The van der Waals surface area contributed by atoms with Crippen molar-refractivity contribution in [3.63, 3.8) is 0 Å². The van der Waals surface area contributed by atoms with Crippen LogP contribution in [-0.2, 0) is 0 Å². The van der Waals surface area contributed by atoms with Gasteiger partial charge in [-0.1, -0.05) is 36.4 Å². The number of hydrogen-bond acceptors (Lipinski definition) is 4. The highest BCUT2D eigenvalue weighted by atomic mass is 16.5. The zero-order valence-corrected chi connectivity index (χ0v) is 17.1. The second-order valence-corrected chi connectivity index (χ2v) is 7.39. The molecule has 0 aliphatic heterocycles. The number of fused-ring (bicyclic) bond motifs is 1. The molecule has 0 aliphatic carbocycles. The molecule has 0 unspecified atom stereocenters. The SMILES string of the molecule is COc1cc(-c2cccc3cccc(-c4cc(C=O)c(O)cc4C)c23)c(C)cc1O. The van der Waals surface area contributed by atoms with Crippen molar-refractivity contribution in [2.24, 2.45) is 0 Å². The van der Waals surface area contributed by atoms with Gasteiger partial charge in [0.2, 0.25) is 0 Å². The lowest BCUT2D eigenvalue weighted by atomic mass is 9.88. The Kier molecular flexibility index (Phi) is 4.92. The highest BCUT2D eigenvalue weighted by Crippen LogP contribution is 2.42. The fourth-order valence-corrected chi connectivity index (χ4v) is 4.01. The van der Waals surface area contributed by atoms with Gasteiger partial charge in [-0.2, -0.15) is 0 Å². The molecule has 0 atom stereocenters. The number of carbonyl (C=O) groups excluding carboxylic acids is 1. The number of benzene rings is 4. The molecule has 0 saturated carbocycles. The molecule has 0 saturated heterocycles. The molecule has 0 amide bonds. The van der Waals surface area contributed by atoms with Gasteiger partial charge in [-0.3, -0.25) is 4.79 Å². The summed E-state index contributed by atoms with van der Waals surface area (Å²) in [5, 5.41) is 22.3. The van der Waals surface area contributed by atoms with Gasteiger partial charge in [0.1, 0.15) is 5.75 Å². The summed E-state index contributed by atoms with van der Waals surface area (Å²) in [5.41, 5.74) is 5.86. The van der Waals surface area contributed by atoms with Crippen LogP contribution in [0.1, 0.15) is 21.5 Å². The van der Waals surface area contributed by atoms with E-state index >= 15 is 0 Å². The Balaban J connectivity index is 2.08. The molecular formula is C26H22O4. The molecule has 0 fully saturated rings. The van der Waals surface area contributed by atoms with Gasteiger partial charge in [0.15, 0.2) is 17.8 Å². The minimum Gasteiger partial charge on any atom is -0.507 e. The number of aromatic hydroxyl groups is 2. The fraction of sp³-hybridized carbons (Fsp3) is 0.115. The maximum absolute atomic E-state index is 11.4. The summed E-state index contributed by atoms with van der Waals surface area (Å²) in [6.45, 7) is 3.87. The van der Waals surface area contributed by atoms with E-state index in [1.165, 1.54) is 7.11 Å². The predicted octanol–water partition coefficient (Wildman–Crippen LogP) is 6.02. The number of rotatable bonds is 4. The Hall–Kier alpha value is -3.79. The van der Waals surface area contributed by atoms with Crippen LogP contribution in [0, 0.1) is 13.8 Å².